The highest BCUT2D eigenvalue weighted by Gasteiger charge is 2.31. The first-order chi connectivity index (χ1) is 15.6. The number of anilines is 2. The number of nitrogens with one attached hydrogen (secondary N) is 2. The molecule has 3 rings (SSSR count). The maximum absolute atomic E-state index is 12.8. The van der Waals surface area contributed by atoms with E-state index in [1.165, 1.54) is 0 Å². The number of carbonyl (C=O) groups excluding carboxylic acids is 2. The third-order valence-electron chi connectivity index (χ3n) is 5.91. The van der Waals surface area contributed by atoms with E-state index in [0.29, 0.717) is 23.7 Å². The normalized spacial score (nSPS) is 15.5. The van der Waals surface area contributed by atoms with Crippen LogP contribution < -0.4 is 20.3 Å². The highest BCUT2D eigenvalue weighted by molar-refractivity contribution is 6.01. The number of hydrogen-bond donors (Lipinski definition) is 2. The fourth-order valence-electron chi connectivity index (χ4n) is 3.93. The average molecular weight is 450 g/mol. The van der Waals surface area contributed by atoms with Crippen LogP contribution in [0.5, 0.6) is 5.75 Å². The van der Waals surface area contributed by atoms with E-state index in [9.17, 15) is 9.59 Å². The third-order valence-corrected chi connectivity index (χ3v) is 5.91. The van der Waals surface area contributed by atoms with Crippen molar-refractivity contribution in [3.8, 4) is 5.75 Å². The fourth-order valence-corrected chi connectivity index (χ4v) is 3.93. The molecule has 0 saturated carbocycles. The molecule has 2 N–H and O–H groups in total. The maximum Gasteiger partial charge on any atom is 0.319 e. The van der Waals surface area contributed by atoms with Gasteiger partial charge < -0.3 is 20.3 Å². The smallest absolute Gasteiger partial charge is 0.319 e. The Hall–Kier alpha value is -3.28. The van der Waals surface area contributed by atoms with Gasteiger partial charge in [-0.3, -0.25) is 4.79 Å². The van der Waals surface area contributed by atoms with Crippen molar-refractivity contribution in [3.63, 3.8) is 0 Å². The molecule has 176 valence electrons. The van der Waals surface area contributed by atoms with Crippen molar-refractivity contribution in [3.05, 3.63) is 60.2 Å². The van der Waals surface area contributed by atoms with Crippen molar-refractivity contribution in [1.82, 2.24) is 5.32 Å². The Morgan fingerprint density at radius 3 is 2.64 bits per heavy atom. The lowest BCUT2D eigenvalue weighted by molar-refractivity contribution is -0.125. The van der Waals surface area contributed by atoms with Gasteiger partial charge in [-0.15, -0.1) is 0 Å². The summed E-state index contributed by atoms with van der Waals surface area (Å²) < 4.78 is 5.78. The van der Waals surface area contributed by atoms with E-state index < -0.39 is 11.6 Å². The minimum Gasteiger partial charge on any atom is -0.479 e. The molecule has 0 aromatic heterocycles. The number of carbonyl (C=O) groups is 2. The Kier molecular flexibility index (Phi) is 7.46. The summed E-state index contributed by atoms with van der Waals surface area (Å²) in [5, 5.41) is 5.95. The first-order valence-electron chi connectivity index (χ1n) is 11.6. The van der Waals surface area contributed by atoms with Gasteiger partial charge in [0.25, 0.3) is 5.91 Å². The number of unbranched alkanes of at least 4 members (excludes halogenated alkanes) is 2. The largest absolute Gasteiger partial charge is 0.479 e. The summed E-state index contributed by atoms with van der Waals surface area (Å²) in [6.07, 6.45) is 2.53. The van der Waals surface area contributed by atoms with Gasteiger partial charge in [0.1, 0.15) is 5.75 Å². The first-order valence-corrected chi connectivity index (χ1v) is 11.6. The van der Waals surface area contributed by atoms with E-state index >= 15 is 0 Å². The van der Waals surface area contributed by atoms with Crippen molar-refractivity contribution in [2.45, 2.75) is 65.5 Å². The summed E-state index contributed by atoms with van der Waals surface area (Å²) in [6, 6.07) is 13.1. The van der Waals surface area contributed by atoms with E-state index in [4.69, 9.17) is 4.74 Å². The number of amides is 3. The van der Waals surface area contributed by atoms with Crippen LogP contribution in [0.1, 0.15) is 65.0 Å². The fraction of sp³-hybridized carbons (Fsp3) is 0.407. The molecule has 1 aliphatic rings. The van der Waals surface area contributed by atoms with Crippen LogP contribution >= 0.6 is 0 Å². The molecule has 6 nitrogen and oxygen atoms in total. The summed E-state index contributed by atoms with van der Waals surface area (Å²) in [5.74, 6) is 0.597. The topological polar surface area (TPSA) is 70.7 Å². The molecule has 1 aliphatic heterocycles. The molecule has 0 aliphatic carbocycles. The summed E-state index contributed by atoms with van der Waals surface area (Å²) >= 11 is 0. The Morgan fingerprint density at radius 1 is 1.18 bits per heavy atom. The van der Waals surface area contributed by atoms with Gasteiger partial charge in [0, 0.05) is 12.2 Å². The third kappa shape index (κ3) is 5.75. The molecular weight excluding hydrogens is 414 g/mol. The molecule has 6 heteroatoms. The molecular formula is C27H35N3O3. The van der Waals surface area contributed by atoms with Gasteiger partial charge in [0.05, 0.1) is 11.2 Å². The van der Waals surface area contributed by atoms with Crippen molar-refractivity contribution in [1.29, 1.82) is 0 Å². The minimum atomic E-state index is -0.593. The van der Waals surface area contributed by atoms with Crippen LogP contribution in [0, 0.1) is 0 Å². The molecule has 1 unspecified atom stereocenters. The number of nitrogens with zero attached hydrogens (tertiary/aromatic N) is 1. The predicted molar refractivity (Wildman–Crippen MR) is 135 cm³/mol. The van der Waals surface area contributed by atoms with E-state index in [1.54, 1.807) is 24.0 Å². The lowest BCUT2D eigenvalue weighted by Gasteiger charge is -2.33. The van der Waals surface area contributed by atoms with Gasteiger partial charge in [-0.1, -0.05) is 50.1 Å². The number of fused-ring (bicyclic) bond motifs is 1. The van der Waals surface area contributed by atoms with Crippen molar-refractivity contribution < 1.29 is 14.3 Å². The van der Waals surface area contributed by atoms with Gasteiger partial charge >= 0.3 is 6.03 Å². The number of ether oxygens (including phenoxy) is 1. The SMILES string of the molecule is C=C(C)c1cccc(C(C)(C)NC(=O)Nc2ccc3c(c2)N(CCCCC)C(=O)C(C)O3)c1. The zero-order valence-electron chi connectivity index (χ0n) is 20.3. The second-order valence-electron chi connectivity index (χ2n) is 9.20. The summed E-state index contributed by atoms with van der Waals surface area (Å²) in [4.78, 5) is 27.3. The van der Waals surface area contributed by atoms with Crippen LogP contribution in [0.4, 0.5) is 16.2 Å². The monoisotopic (exact) mass is 449 g/mol. The second-order valence-corrected chi connectivity index (χ2v) is 9.20. The van der Waals surface area contributed by atoms with Gasteiger partial charge in [-0.2, -0.15) is 0 Å². The van der Waals surface area contributed by atoms with E-state index in [-0.39, 0.29) is 11.9 Å². The standard InChI is InChI=1S/C27H35N3O3/c1-7-8-9-15-30-23-17-22(13-14-24(23)33-19(4)25(30)31)28-26(32)29-27(5,6)21-12-10-11-20(16-21)18(2)3/h10-14,16-17,19H,2,7-9,15H2,1,3-6H3,(H2,28,29,32). The minimum absolute atomic E-state index is 0.0567. The van der Waals surface area contributed by atoms with E-state index in [1.807, 2.05) is 51.1 Å². The van der Waals surface area contributed by atoms with Crippen LogP contribution in [0.25, 0.3) is 5.57 Å². The number of hydrogen-bond acceptors (Lipinski definition) is 3. The van der Waals surface area contributed by atoms with Crippen LogP contribution in [-0.4, -0.2) is 24.6 Å². The quantitative estimate of drug-likeness (QED) is 0.480. The highest BCUT2D eigenvalue weighted by atomic mass is 16.5. The van der Waals surface area contributed by atoms with Gasteiger partial charge in [-0.05, 0) is 69.5 Å². The molecule has 0 fully saturated rings. The Bertz CT molecular complexity index is 1040. The maximum atomic E-state index is 12.8. The second kappa shape index (κ2) is 10.1. The molecule has 0 bridgehead atoms. The van der Waals surface area contributed by atoms with Gasteiger partial charge in [-0.25, -0.2) is 4.79 Å². The van der Waals surface area contributed by atoms with Crippen molar-refractivity contribution >= 4 is 28.9 Å². The zero-order valence-corrected chi connectivity index (χ0v) is 20.3. The van der Waals surface area contributed by atoms with Crippen molar-refractivity contribution in [2.75, 3.05) is 16.8 Å². The molecule has 0 saturated heterocycles. The molecule has 1 atom stereocenters. The summed E-state index contributed by atoms with van der Waals surface area (Å²) in [6.45, 7) is 14.4. The molecule has 1 heterocycles. The highest BCUT2D eigenvalue weighted by Crippen LogP contribution is 2.36. The summed E-state index contributed by atoms with van der Waals surface area (Å²) in [7, 11) is 0. The predicted octanol–water partition coefficient (Wildman–Crippen LogP) is 6.08. The van der Waals surface area contributed by atoms with Crippen LogP contribution in [0.2, 0.25) is 0 Å². The van der Waals surface area contributed by atoms with Gasteiger partial charge in [0.2, 0.25) is 0 Å². The Labute approximate surface area is 197 Å². The lowest BCUT2D eigenvalue weighted by Crippen LogP contribution is -2.45. The molecule has 3 amide bonds. The molecule has 2 aromatic carbocycles. The Balaban J connectivity index is 1.76. The Morgan fingerprint density at radius 2 is 1.94 bits per heavy atom. The van der Waals surface area contributed by atoms with Gasteiger partial charge in [0.15, 0.2) is 6.10 Å². The molecule has 0 radical (unpaired) electrons. The van der Waals surface area contributed by atoms with Crippen molar-refractivity contribution in [2.24, 2.45) is 0 Å². The van der Waals surface area contributed by atoms with E-state index in [0.717, 1.165) is 36.0 Å². The number of urea groups is 1. The van der Waals surface area contributed by atoms with Crippen LogP contribution in [0.3, 0.4) is 0 Å². The number of benzene rings is 2. The molecule has 0 spiro atoms. The van der Waals surface area contributed by atoms with Crippen LogP contribution in [0.15, 0.2) is 49.0 Å². The lowest BCUT2D eigenvalue weighted by atomic mass is 9.92. The first kappa shape index (κ1) is 24.4. The average Bonchev–Trinajstić information content (AvgIpc) is 2.76. The molecule has 33 heavy (non-hydrogen) atoms. The van der Waals surface area contributed by atoms with E-state index in [2.05, 4.69) is 24.1 Å². The van der Waals surface area contributed by atoms with Crippen LogP contribution in [-0.2, 0) is 10.3 Å². The summed E-state index contributed by atoms with van der Waals surface area (Å²) in [5.41, 5.74) is 3.70. The molecule has 2 aromatic rings. The number of rotatable bonds is 8. The zero-order chi connectivity index (χ0) is 24.2. The number of allylic oxidation sites excluding steroid dienone is 1.